The molecule has 345 valence electrons. The van der Waals surface area contributed by atoms with E-state index in [4.69, 9.17) is 4.74 Å². The van der Waals surface area contributed by atoms with Crippen LogP contribution in [0.5, 0.6) is 5.75 Å². The maximum atomic E-state index is 13.8. The number of benzene rings is 1. The van der Waals surface area contributed by atoms with Gasteiger partial charge in [-0.3, -0.25) is 58.3 Å². The Bertz CT molecular complexity index is 1940. The van der Waals surface area contributed by atoms with Gasteiger partial charge in [0.1, 0.15) is 11.8 Å². The van der Waals surface area contributed by atoms with Gasteiger partial charge >= 0.3 is 17.9 Å². The number of hydrogen-bond donors (Lipinski definition) is 4. The molecule has 3 aliphatic rings. The molecule has 1 aromatic heterocycles. The number of likely N-dealkylation sites (tertiary alicyclic amines) is 1. The number of amides is 3. The molecular formula is C40H54EuF2N10O10. The van der Waals surface area contributed by atoms with Crippen molar-refractivity contribution < 1.29 is 107 Å². The number of pyridine rings is 1. The molecule has 1 aromatic carbocycles. The molecule has 3 saturated heterocycles. The van der Waals surface area contributed by atoms with E-state index in [0.29, 0.717) is 102 Å². The first-order valence-corrected chi connectivity index (χ1v) is 20.5. The van der Waals surface area contributed by atoms with Gasteiger partial charge in [-0.1, -0.05) is 0 Å². The van der Waals surface area contributed by atoms with Gasteiger partial charge < -0.3 is 35.2 Å². The van der Waals surface area contributed by atoms with Gasteiger partial charge in [-0.15, -0.1) is 0 Å². The SMILES string of the molecule is N#C[C@@H]1CC(F)(F)CN1C(=O)CNC(=O)c1ccnc2ccc(OCCCN3CCN(C(=O)CN4CCN(CC(=O)O)CCN(CC(=O)O)CCN(CC(=O)O)CC4)CC3)cc12.[Eu]. The number of nitrogens with zero attached hydrogens (tertiary/aromatic N) is 9. The fourth-order valence-corrected chi connectivity index (χ4v) is 7.74. The molecule has 3 aliphatic heterocycles. The second kappa shape index (κ2) is 24.9. The van der Waals surface area contributed by atoms with Crippen molar-refractivity contribution in [3.63, 3.8) is 0 Å². The number of carbonyl (C=O) groups is 6. The molecule has 3 amide bonds. The Balaban J connectivity index is 0.00000871. The van der Waals surface area contributed by atoms with Crippen LogP contribution in [0.1, 0.15) is 23.2 Å². The number of fused-ring (bicyclic) bond motifs is 1. The molecule has 63 heavy (non-hydrogen) atoms. The quantitative estimate of drug-likeness (QED) is 0.149. The minimum atomic E-state index is -3.17. The molecule has 2 aromatic rings. The third-order valence-corrected chi connectivity index (χ3v) is 11.1. The first-order chi connectivity index (χ1) is 29.6. The predicted octanol–water partition coefficient (Wildman–Crippen LogP) is -0.887. The zero-order chi connectivity index (χ0) is 44.8. The molecule has 0 bridgehead atoms. The van der Waals surface area contributed by atoms with Crippen LogP contribution in [0, 0.1) is 60.7 Å². The van der Waals surface area contributed by atoms with Crippen LogP contribution in [0.2, 0.25) is 0 Å². The van der Waals surface area contributed by atoms with E-state index in [9.17, 15) is 58.1 Å². The average molecular weight is 1020 g/mol. The van der Waals surface area contributed by atoms with Crippen LogP contribution in [0.4, 0.5) is 8.78 Å². The third kappa shape index (κ3) is 16.5. The number of alkyl halides is 2. The van der Waals surface area contributed by atoms with Crippen molar-refractivity contribution in [2.45, 2.75) is 24.8 Å². The van der Waals surface area contributed by atoms with Crippen LogP contribution in [0.15, 0.2) is 30.5 Å². The van der Waals surface area contributed by atoms with Gasteiger partial charge in [-0.2, -0.15) is 5.26 Å². The molecular weight excluding hydrogens is 970 g/mol. The fraction of sp³-hybridized carbons (Fsp3) is 0.600. The minimum absolute atomic E-state index is 0. The number of hydrogen-bond acceptors (Lipinski definition) is 14. The van der Waals surface area contributed by atoms with Gasteiger partial charge in [0, 0.05) is 152 Å². The third-order valence-electron chi connectivity index (χ3n) is 11.1. The van der Waals surface area contributed by atoms with Crippen LogP contribution >= 0.6 is 0 Å². The first-order valence-electron chi connectivity index (χ1n) is 20.5. The molecule has 1 radical (unpaired) electrons. The number of carbonyl (C=O) groups excluding carboxylic acids is 3. The number of aromatic nitrogens is 1. The van der Waals surface area contributed by atoms with Gasteiger partial charge in [0.25, 0.3) is 11.8 Å². The maximum Gasteiger partial charge on any atom is 0.317 e. The summed E-state index contributed by atoms with van der Waals surface area (Å²) in [5, 5.41) is 40.5. The van der Waals surface area contributed by atoms with Gasteiger partial charge in [0.2, 0.25) is 11.8 Å². The largest absolute Gasteiger partial charge is 0.494 e. The number of piperazine rings is 1. The second-order valence-corrected chi connectivity index (χ2v) is 15.7. The van der Waals surface area contributed by atoms with Crippen molar-refractivity contribution in [3.05, 3.63) is 36.0 Å². The zero-order valence-corrected chi connectivity index (χ0v) is 37.3. The minimum Gasteiger partial charge on any atom is -0.494 e. The Labute approximate surface area is 404 Å². The van der Waals surface area contributed by atoms with E-state index in [2.05, 4.69) is 15.2 Å². The van der Waals surface area contributed by atoms with Gasteiger partial charge in [0.15, 0.2) is 0 Å². The first kappa shape index (κ1) is 51.6. The van der Waals surface area contributed by atoms with E-state index >= 15 is 0 Å². The molecule has 20 nitrogen and oxygen atoms in total. The molecule has 0 saturated carbocycles. The van der Waals surface area contributed by atoms with Crippen LogP contribution in [-0.4, -0.2) is 233 Å². The standard InChI is InChI=1S/C40H54F2N10O10.Eu/c41-40(42)21-29(22-43)52(28-40)34(53)23-45-39(61)31-4-5-44-33-3-2-30(20-32(31)33)62-19-1-6-46-15-17-51(18-16-46)35(54)24-47-7-9-48(25-36(55)56)11-13-50(27-38(59)60)14-12-49(10-8-47)26-37(57)58;/h2-5,20,29H,1,6-19,21,23-28H2,(H,45,61)(H,55,56)(H,57,58)(H,59,60);/t29-;/m0./s1. The summed E-state index contributed by atoms with van der Waals surface area (Å²) in [7, 11) is 0. The molecule has 4 heterocycles. The molecule has 23 heteroatoms. The fourth-order valence-electron chi connectivity index (χ4n) is 7.74. The second-order valence-electron chi connectivity index (χ2n) is 15.7. The smallest absolute Gasteiger partial charge is 0.317 e. The molecule has 3 fully saturated rings. The predicted molar refractivity (Wildman–Crippen MR) is 217 cm³/mol. The summed E-state index contributed by atoms with van der Waals surface area (Å²) in [5.74, 6) is -7.24. The maximum absolute atomic E-state index is 13.8. The number of halogens is 2. The normalized spacial score (nSPS) is 19.9. The van der Waals surface area contributed by atoms with Crippen LogP contribution in [0.3, 0.4) is 0 Å². The van der Waals surface area contributed by atoms with Crippen molar-refractivity contribution in [2.24, 2.45) is 0 Å². The Hall–Kier alpha value is -4.02. The molecule has 0 spiro atoms. The molecule has 0 unspecified atom stereocenters. The van der Waals surface area contributed by atoms with E-state index < -0.39 is 61.2 Å². The summed E-state index contributed by atoms with van der Waals surface area (Å²) < 4.78 is 33.6. The number of carboxylic acids is 3. The Morgan fingerprint density at radius 2 is 1.29 bits per heavy atom. The summed E-state index contributed by atoms with van der Waals surface area (Å²) in [5.41, 5.74) is 0.709. The Kier molecular flexibility index (Phi) is 20.4. The molecule has 5 rings (SSSR count). The Morgan fingerprint density at radius 3 is 1.81 bits per heavy atom. The van der Waals surface area contributed by atoms with Crippen LogP contribution < -0.4 is 10.1 Å². The summed E-state index contributed by atoms with van der Waals surface area (Å²) in [4.78, 5) is 90.0. The topological polar surface area (TPSA) is 244 Å². The average Bonchev–Trinajstić information content (AvgIpc) is 3.55. The number of nitrogens with one attached hydrogen (secondary N) is 1. The summed E-state index contributed by atoms with van der Waals surface area (Å²) in [6.45, 7) is 3.73. The van der Waals surface area contributed by atoms with Gasteiger partial charge in [-0.05, 0) is 30.7 Å². The number of aliphatic carboxylic acids is 3. The van der Waals surface area contributed by atoms with Gasteiger partial charge in [-0.25, -0.2) is 8.78 Å². The van der Waals surface area contributed by atoms with E-state index in [1.54, 1.807) is 43.9 Å². The molecule has 4 N–H and O–H groups in total. The summed E-state index contributed by atoms with van der Waals surface area (Å²) in [6.07, 6.45) is 1.35. The van der Waals surface area contributed by atoms with E-state index in [0.717, 1.165) is 4.90 Å². The van der Waals surface area contributed by atoms with Crippen LogP contribution in [-0.2, 0) is 24.0 Å². The Morgan fingerprint density at radius 1 is 0.762 bits per heavy atom. The number of rotatable bonds is 16. The van der Waals surface area contributed by atoms with E-state index in [1.807, 2.05) is 4.90 Å². The van der Waals surface area contributed by atoms with Crippen molar-refractivity contribution in [3.8, 4) is 11.8 Å². The van der Waals surface area contributed by atoms with Crippen molar-refractivity contribution in [2.75, 3.05) is 131 Å². The van der Waals surface area contributed by atoms with Crippen molar-refractivity contribution in [1.82, 2.24) is 44.6 Å². The molecule has 1 atom stereocenters. The molecule has 0 aliphatic carbocycles. The summed E-state index contributed by atoms with van der Waals surface area (Å²) in [6, 6.07) is 7.01. The summed E-state index contributed by atoms with van der Waals surface area (Å²) >= 11 is 0. The number of carboxylic acid groups (broad SMARTS) is 3. The monoisotopic (exact) mass is 1030 g/mol. The number of nitriles is 1. The zero-order valence-electron chi connectivity index (χ0n) is 34.9. The van der Waals surface area contributed by atoms with E-state index in [1.165, 1.54) is 12.3 Å². The van der Waals surface area contributed by atoms with Crippen molar-refractivity contribution >= 4 is 46.5 Å². The number of ether oxygens (including phenoxy) is 1. The van der Waals surface area contributed by atoms with Crippen molar-refractivity contribution in [1.29, 1.82) is 5.26 Å². The van der Waals surface area contributed by atoms with E-state index in [-0.39, 0.29) is 100 Å². The van der Waals surface area contributed by atoms with Gasteiger partial charge in [0.05, 0.1) is 63.0 Å². The van der Waals surface area contributed by atoms with Crippen LogP contribution in [0.25, 0.3) is 10.9 Å².